The Morgan fingerprint density at radius 1 is 0.529 bits per heavy atom. The molecule has 0 spiro atoms. The molecular formula is C12H33ISi4. The lowest BCUT2D eigenvalue weighted by Crippen LogP contribution is -2.74. The van der Waals surface area contributed by atoms with Crippen LogP contribution in [0.3, 0.4) is 0 Å². The average molecular weight is 417 g/mol. The van der Waals surface area contributed by atoms with Crippen LogP contribution < -0.4 is 0 Å². The first kappa shape index (κ1) is 18.6. The first-order chi connectivity index (χ1) is 7.00. The Morgan fingerprint density at radius 2 is 0.706 bits per heavy atom. The van der Waals surface area contributed by atoms with Crippen molar-refractivity contribution in [3.63, 3.8) is 0 Å². The normalized spacial score (nSPS) is 16.2. The van der Waals surface area contributed by atoms with E-state index in [4.69, 9.17) is 0 Å². The second-order valence-corrected chi connectivity index (χ2v) is 39.5. The SMILES string of the molecule is C[Si](C)(C)C([Si](C)(C)C)([Si](C)(C)C)[Si](C)(C)I. The summed E-state index contributed by atoms with van der Waals surface area (Å²) >= 11 is 2.91. The van der Waals surface area contributed by atoms with Crippen molar-refractivity contribution in [1.29, 1.82) is 0 Å². The molecular weight excluding hydrogens is 383 g/mol. The van der Waals surface area contributed by atoms with Crippen molar-refractivity contribution in [3.8, 4) is 0 Å². The first-order valence-electron chi connectivity index (χ1n) is 6.69. The van der Waals surface area contributed by atoms with Crippen molar-refractivity contribution in [2.45, 2.75) is 75.9 Å². The molecule has 17 heavy (non-hydrogen) atoms. The van der Waals surface area contributed by atoms with Crippen LogP contribution in [-0.2, 0) is 0 Å². The first-order valence-corrected chi connectivity index (χ1v) is 23.3. The highest BCUT2D eigenvalue weighted by Gasteiger charge is 2.66. The average Bonchev–Trinajstić information content (AvgIpc) is 1.67. The van der Waals surface area contributed by atoms with Crippen LogP contribution in [0.25, 0.3) is 0 Å². The molecule has 0 radical (unpaired) electrons. The van der Waals surface area contributed by atoms with Crippen molar-refractivity contribution in [3.05, 3.63) is 0 Å². The zero-order valence-electron chi connectivity index (χ0n) is 13.9. The van der Waals surface area contributed by atoms with Gasteiger partial charge < -0.3 is 0 Å². The molecule has 5 heteroatoms. The number of hydrogen-bond acceptors (Lipinski definition) is 0. The van der Waals surface area contributed by atoms with Crippen molar-refractivity contribution in [2.75, 3.05) is 0 Å². The maximum absolute atomic E-state index is 2.91. The Kier molecular flexibility index (Phi) is 5.31. The minimum Gasteiger partial charge on any atom is -0.120 e. The van der Waals surface area contributed by atoms with Gasteiger partial charge in [-0.05, 0) is 3.91 Å². The zero-order valence-corrected chi connectivity index (χ0v) is 20.0. The van der Waals surface area contributed by atoms with Crippen molar-refractivity contribution in [1.82, 2.24) is 0 Å². The Morgan fingerprint density at radius 3 is 0.706 bits per heavy atom. The van der Waals surface area contributed by atoms with E-state index in [2.05, 4.69) is 93.8 Å². The third kappa shape index (κ3) is 3.03. The van der Waals surface area contributed by atoms with E-state index in [0.29, 0.717) is 0 Å². The van der Waals surface area contributed by atoms with Gasteiger partial charge in [0.15, 0.2) is 0 Å². The predicted octanol–water partition coefficient (Wildman–Crippen LogP) is 6.00. The second-order valence-electron chi connectivity index (χ2n) is 8.97. The van der Waals surface area contributed by atoms with Crippen molar-refractivity contribution >= 4 is 51.6 Å². The zero-order chi connectivity index (χ0) is 14.5. The summed E-state index contributed by atoms with van der Waals surface area (Å²) in [4.78, 5) is 0. The van der Waals surface area contributed by atoms with Gasteiger partial charge in [-0.3, -0.25) is 0 Å². The van der Waals surface area contributed by atoms with E-state index >= 15 is 0 Å². The van der Waals surface area contributed by atoms with Gasteiger partial charge >= 0.3 is 0 Å². The molecule has 0 aromatic rings. The second kappa shape index (κ2) is 4.86. The van der Waals surface area contributed by atoms with Crippen LogP contribution in [-0.4, -0.2) is 29.8 Å². The van der Waals surface area contributed by atoms with E-state index in [0.717, 1.165) is 3.91 Å². The van der Waals surface area contributed by atoms with Crippen LogP contribution >= 0.6 is 21.8 Å². The summed E-state index contributed by atoms with van der Waals surface area (Å²) in [6.07, 6.45) is 0. The molecule has 0 fully saturated rings. The molecule has 0 nitrogen and oxygen atoms in total. The van der Waals surface area contributed by atoms with E-state index in [1.807, 2.05) is 0 Å². The lowest BCUT2D eigenvalue weighted by molar-refractivity contribution is 1.20. The van der Waals surface area contributed by atoms with E-state index < -0.39 is 29.8 Å². The lowest BCUT2D eigenvalue weighted by atomic mass is 11.6. The van der Waals surface area contributed by atoms with Crippen molar-refractivity contribution in [2.24, 2.45) is 0 Å². The molecule has 0 atom stereocenters. The third-order valence-corrected chi connectivity index (χ3v) is 45.7. The summed E-state index contributed by atoms with van der Waals surface area (Å²) in [7, 11) is -3.50. The summed E-state index contributed by atoms with van der Waals surface area (Å²) in [5.74, 6) is 0. The molecule has 0 aliphatic rings. The van der Waals surface area contributed by atoms with Gasteiger partial charge in [-0.15, -0.1) is 21.8 Å². The smallest absolute Gasteiger partial charge is 0.118 e. The summed E-state index contributed by atoms with van der Waals surface area (Å²) in [5.41, 5.74) is -1.19. The summed E-state index contributed by atoms with van der Waals surface area (Å²) in [6, 6.07) is 0. The van der Waals surface area contributed by atoms with E-state index in [-0.39, 0.29) is 0 Å². The molecule has 0 amide bonds. The quantitative estimate of drug-likeness (QED) is 0.300. The van der Waals surface area contributed by atoms with Gasteiger partial charge in [0.05, 0.1) is 0 Å². The monoisotopic (exact) mass is 416 g/mol. The fourth-order valence-electron chi connectivity index (χ4n) is 6.05. The highest BCUT2D eigenvalue weighted by molar-refractivity contribution is 14.1. The number of rotatable bonds is 4. The van der Waals surface area contributed by atoms with Crippen LogP contribution in [0.2, 0.25) is 75.9 Å². The van der Waals surface area contributed by atoms with Crippen LogP contribution in [0.1, 0.15) is 0 Å². The minimum absolute atomic E-state index is 0.792. The highest BCUT2D eigenvalue weighted by atomic mass is 127. The molecule has 0 saturated heterocycles. The molecule has 0 rings (SSSR count). The predicted molar refractivity (Wildman–Crippen MR) is 104 cm³/mol. The van der Waals surface area contributed by atoms with E-state index in [1.165, 1.54) is 0 Å². The van der Waals surface area contributed by atoms with Crippen LogP contribution in [0.5, 0.6) is 0 Å². The largest absolute Gasteiger partial charge is 0.120 e. The molecule has 104 valence electrons. The number of halogens is 1. The number of hydrogen-bond donors (Lipinski definition) is 0. The molecule has 0 heterocycles. The Labute approximate surface area is 127 Å². The molecule has 0 aliphatic carbocycles. The van der Waals surface area contributed by atoms with Gasteiger partial charge in [-0.25, -0.2) is 0 Å². The van der Waals surface area contributed by atoms with Gasteiger partial charge in [0.2, 0.25) is 0 Å². The Hall–Kier alpha value is 1.60. The van der Waals surface area contributed by atoms with Crippen molar-refractivity contribution < 1.29 is 0 Å². The Balaban J connectivity index is 6.37. The minimum atomic E-state index is -1.19. The molecule has 0 aliphatic heterocycles. The van der Waals surface area contributed by atoms with Crippen LogP contribution in [0.4, 0.5) is 0 Å². The molecule has 0 unspecified atom stereocenters. The molecule has 0 N–H and O–H groups in total. The van der Waals surface area contributed by atoms with Gasteiger partial charge in [0.1, 0.15) is 5.57 Å². The fourth-order valence-corrected chi connectivity index (χ4v) is 76.3. The third-order valence-electron chi connectivity index (χ3n) is 4.27. The Bertz CT molecular complexity index is 211. The molecule has 0 bridgehead atoms. The van der Waals surface area contributed by atoms with Gasteiger partial charge in [-0.1, -0.05) is 72.0 Å². The van der Waals surface area contributed by atoms with Gasteiger partial charge in [0.25, 0.3) is 0 Å². The summed E-state index contributed by atoms with van der Waals surface area (Å²) < 4.78 is 0.792. The maximum atomic E-state index is 2.91. The topological polar surface area (TPSA) is 0 Å². The lowest BCUT2D eigenvalue weighted by Gasteiger charge is -2.64. The molecule has 0 aromatic carbocycles. The fraction of sp³-hybridized carbons (Fsp3) is 1.00. The maximum Gasteiger partial charge on any atom is 0.118 e. The standard InChI is InChI=1S/C12H33ISi4/c1-14(2,3)12(15(4,5)6,16(7,8)9)17(10,11)13/h1-11H3. The summed E-state index contributed by atoms with van der Waals surface area (Å²) in [6.45, 7) is 29.1. The van der Waals surface area contributed by atoms with Gasteiger partial charge in [-0.2, -0.15) is 0 Å². The summed E-state index contributed by atoms with van der Waals surface area (Å²) in [5, 5.41) is 0. The molecule has 0 aromatic heterocycles. The van der Waals surface area contributed by atoms with E-state index in [1.54, 1.807) is 0 Å². The van der Waals surface area contributed by atoms with Gasteiger partial charge in [0, 0.05) is 24.2 Å². The van der Waals surface area contributed by atoms with E-state index in [9.17, 15) is 0 Å². The van der Waals surface area contributed by atoms with Crippen LogP contribution in [0.15, 0.2) is 0 Å². The molecule has 0 saturated carbocycles. The van der Waals surface area contributed by atoms with Crippen LogP contribution in [0, 0.1) is 0 Å². The highest BCUT2D eigenvalue weighted by Crippen LogP contribution is 2.61.